The number of amides is 1. The fourth-order valence-corrected chi connectivity index (χ4v) is 1.78. The van der Waals surface area contributed by atoms with Crippen LogP contribution in [0.1, 0.15) is 33.6 Å². The van der Waals surface area contributed by atoms with E-state index in [1.54, 1.807) is 36.4 Å². The van der Waals surface area contributed by atoms with E-state index >= 15 is 0 Å². The number of esters is 1. The first-order chi connectivity index (χ1) is 10.6. The van der Waals surface area contributed by atoms with Gasteiger partial charge in [0.1, 0.15) is 18.1 Å². The molecular formula is C16H17NO5. The van der Waals surface area contributed by atoms with Gasteiger partial charge in [0, 0.05) is 6.54 Å². The van der Waals surface area contributed by atoms with Gasteiger partial charge in [-0.2, -0.15) is 0 Å². The zero-order valence-corrected chi connectivity index (χ0v) is 12.4. The highest BCUT2D eigenvalue weighted by Gasteiger charge is 2.10. The lowest BCUT2D eigenvalue weighted by Gasteiger charge is -2.05. The maximum absolute atomic E-state index is 11.6. The molecule has 1 amide bonds. The smallest absolute Gasteiger partial charge is 0.337 e. The Morgan fingerprint density at radius 2 is 1.86 bits per heavy atom. The van der Waals surface area contributed by atoms with Crippen molar-refractivity contribution < 1.29 is 23.5 Å². The second-order valence-electron chi connectivity index (χ2n) is 4.43. The fourth-order valence-electron chi connectivity index (χ4n) is 1.78. The van der Waals surface area contributed by atoms with Crippen molar-refractivity contribution in [1.82, 2.24) is 5.32 Å². The van der Waals surface area contributed by atoms with Crippen molar-refractivity contribution in [2.75, 3.05) is 13.7 Å². The third-order valence-corrected chi connectivity index (χ3v) is 2.88. The average Bonchev–Trinajstić information content (AvgIpc) is 3.02. The minimum absolute atomic E-state index is 0.191. The molecule has 0 aliphatic rings. The van der Waals surface area contributed by atoms with Gasteiger partial charge >= 0.3 is 5.97 Å². The largest absolute Gasteiger partial charge is 0.486 e. The van der Waals surface area contributed by atoms with Crippen molar-refractivity contribution in [2.45, 2.75) is 13.5 Å². The lowest BCUT2D eigenvalue weighted by Crippen LogP contribution is -2.21. The molecule has 0 radical (unpaired) electrons. The van der Waals surface area contributed by atoms with Crippen LogP contribution in [0.5, 0.6) is 5.75 Å². The molecule has 0 spiro atoms. The third kappa shape index (κ3) is 3.88. The molecule has 1 aromatic heterocycles. The molecule has 0 unspecified atom stereocenters. The van der Waals surface area contributed by atoms with Gasteiger partial charge in [-0.1, -0.05) is 0 Å². The summed E-state index contributed by atoms with van der Waals surface area (Å²) in [5, 5.41) is 2.65. The maximum atomic E-state index is 11.6. The van der Waals surface area contributed by atoms with Crippen LogP contribution < -0.4 is 10.1 Å². The Bertz CT molecular complexity index is 645. The quantitative estimate of drug-likeness (QED) is 0.829. The SMILES string of the molecule is CCNC(=O)c1ccc(COc2ccc(C(=O)OC)cc2)o1. The van der Waals surface area contributed by atoms with Crippen molar-refractivity contribution in [3.05, 3.63) is 53.5 Å². The second-order valence-corrected chi connectivity index (χ2v) is 4.43. The van der Waals surface area contributed by atoms with Gasteiger partial charge in [-0.05, 0) is 43.3 Å². The van der Waals surface area contributed by atoms with E-state index in [0.717, 1.165) is 0 Å². The Balaban J connectivity index is 1.93. The number of methoxy groups -OCH3 is 1. The van der Waals surface area contributed by atoms with Gasteiger partial charge in [-0.25, -0.2) is 4.79 Å². The van der Waals surface area contributed by atoms with E-state index in [1.807, 2.05) is 6.92 Å². The molecule has 1 heterocycles. The second kappa shape index (κ2) is 7.31. The van der Waals surface area contributed by atoms with Gasteiger partial charge in [0.15, 0.2) is 5.76 Å². The Morgan fingerprint density at radius 1 is 1.14 bits per heavy atom. The molecule has 0 atom stereocenters. The predicted octanol–water partition coefficient (Wildman–Crippen LogP) is 2.39. The number of nitrogens with one attached hydrogen (secondary N) is 1. The highest BCUT2D eigenvalue weighted by atomic mass is 16.5. The highest BCUT2D eigenvalue weighted by molar-refractivity contribution is 5.91. The molecule has 0 saturated carbocycles. The summed E-state index contributed by atoms with van der Waals surface area (Å²) in [6, 6.07) is 9.85. The summed E-state index contributed by atoms with van der Waals surface area (Å²) < 4.78 is 15.5. The fraction of sp³-hybridized carbons (Fsp3) is 0.250. The maximum Gasteiger partial charge on any atom is 0.337 e. The molecule has 6 nitrogen and oxygen atoms in total. The lowest BCUT2D eigenvalue weighted by atomic mass is 10.2. The Kier molecular flexibility index (Phi) is 5.19. The van der Waals surface area contributed by atoms with Crippen molar-refractivity contribution in [3.63, 3.8) is 0 Å². The van der Waals surface area contributed by atoms with Gasteiger partial charge in [0.2, 0.25) is 0 Å². The molecule has 2 rings (SSSR count). The van der Waals surface area contributed by atoms with Crippen molar-refractivity contribution >= 4 is 11.9 Å². The van der Waals surface area contributed by atoms with E-state index in [1.165, 1.54) is 7.11 Å². The summed E-state index contributed by atoms with van der Waals surface area (Å²) in [7, 11) is 1.33. The molecule has 2 aromatic rings. The minimum Gasteiger partial charge on any atom is -0.486 e. The summed E-state index contributed by atoms with van der Waals surface area (Å²) in [4.78, 5) is 22.9. The molecule has 0 saturated heterocycles. The van der Waals surface area contributed by atoms with E-state index in [-0.39, 0.29) is 18.3 Å². The van der Waals surface area contributed by atoms with Crippen molar-refractivity contribution in [2.24, 2.45) is 0 Å². The number of furan rings is 1. The Morgan fingerprint density at radius 3 is 2.50 bits per heavy atom. The molecule has 1 aromatic carbocycles. The number of benzene rings is 1. The standard InChI is InChI=1S/C16H17NO5/c1-3-17-15(18)14-9-8-13(22-14)10-21-12-6-4-11(5-7-12)16(19)20-2/h4-9H,3,10H2,1-2H3,(H,17,18). The molecule has 0 aliphatic heterocycles. The summed E-state index contributed by atoms with van der Waals surface area (Å²) >= 11 is 0. The van der Waals surface area contributed by atoms with Crippen LogP contribution in [0.15, 0.2) is 40.8 Å². The summed E-state index contributed by atoms with van der Waals surface area (Å²) in [5.74, 6) is 0.726. The van der Waals surface area contributed by atoms with E-state index in [4.69, 9.17) is 9.15 Å². The average molecular weight is 303 g/mol. The van der Waals surface area contributed by atoms with Crippen LogP contribution in [-0.4, -0.2) is 25.5 Å². The monoisotopic (exact) mass is 303 g/mol. The number of hydrogen-bond donors (Lipinski definition) is 1. The zero-order chi connectivity index (χ0) is 15.9. The number of rotatable bonds is 6. The molecule has 0 fully saturated rings. The third-order valence-electron chi connectivity index (χ3n) is 2.88. The first kappa shape index (κ1) is 15.6. The molecule has 0 aliphatic carbocycles. The van der Waals surface area contributed by atoms with Gasteiger partial charge in [-0.15, -0.1) is 0 Å². The lowest BCUT2D eigenvalue weighted by molar-refractivity contribution is 0.0600. The molecule has 6 heteroatoms. The normalized spacial score (nSPS) is 10.1. The first-order valence-corrected chi connectivity index (χ1v) is 6.82. The topological polar surface area (TPSA) is 77.8 Å². The summed E-state index contributed by atoms with van der Waals surface area (Å²) in [5.41, 5.74) is 0.450. The number of hydrogen-bond acceptors (Lipinski definition) is 5. The predicted molar refractivity (Wildman–Crippen MR) is 78.8 cm³/mol. The zero-order valence-electron chi connectivity index (χ0n) is 12.4. The van der Waals surface area contributed by atoms with E-state index in [9.17, 15) is 9.59 Å². The van der Waals surface area contributed by atoms with E-state index in [0.29, 0.717) is 23.6 Å². The van der Waals surface area contributed by atoms with Crippen LogP contribution >= 0.6 is 0 Å². The molecule has 22 heavy (non-hydrogen) atoms. The number of carbonyl (C=O) groups is 2. The van der Waals surface area contributed by atoms with Gasteiger partial charge in [0.05, 0.1) is 12.7 Å². The van der Waals surface area contributed by atoms with Crippen LogP contribution in [0.3, 0.4) is 0 Å². The minimum atomic E-state index is -0.399. The summed E-state index contributed by atoms with van der Waals surface area (Å²) in [6.45, 7) is 2.57. The molecule has 1 N–H and O–H groups in total. The van der Waals surface area contributed by atoms with Gasteiger partial charge < -0.3 is 19.2 Å². The van der Waals surface area contributed by atoms with Gasteiger partial charge in [-0.3, -0.25) is 4.79 Å². The van der Waals surface area contributed by atoms with Crippen LogP contribution in [0.25, 0.3) is 0 Å². The molecular weight excluding hydrogens is 286 g/mol. The number of ether oxygens (including phenoxy) is 2. The van der Waals surface area contributed by atoms with Crippen molar-refractivity contribution in [1.29, 1.82) is 0 Å². The Hall–Kier alpha value is -2.76. The van der Waals surface area contributed by atoms with Gasteiger partial charge in [0.25, 0.3) is 5.91 Å². The Labute approximate surface area is 128 Å². The number of carbonyl (C=O) groups excluding carboxylic acids is 2. The van der Waals surface area contributed by atoms with Crippen LogP contribution in [-0.2, 0) is 11.3 Å². The van der Waals surface area contributed by atoms with Crippen LogP contribution in [0.2, 0.25) is 0 Å². The first-order valence-electron chi connectivity index (χ1n) is 6.82. The summed E-state index contributed by atoms with van der Waals surface area (Å²) in [6.07, 6.45) is 0. The van der Waals surface area contributed by atoms with E-state index in [2.05, 4.69) is 10.1 Å². The highest BCUT2D eigenvalue weighted by Crippen LogP contribution is 2.16. The van der Waals surface area contributed by atoms with Crippen LogP contribution in [0, 0.1) is 0 Å². The van der Waals surface area contributed by atoms with Crippen LogP contribution in [0.4, 0.5) is 0 Å². The molecule has 116 valence electrons. The van der Waals surface area contributed by atoms with E-state index < -0.39 is 5.97 Å². The van der Waals surface area contributed by atoms with Crippen molar-refractivity contribution in [3.8, 4) is 5.75 Å². The molecule has 0 bridgehead atoms.